The third kappa shape index (κ3) is 5.26. The Hall–Kier alpha value is -4.50. The van der Waals surface area contributed by atoms with E-state index in [2.05, 4.69) is 5.32 Å². The van der Waals surface area contributed by atoms with Crippen LogP contribution in [0, 0.1) is 6.92 Å². The van der Waals surface area contributed by atoms with Gasteiger partial charge in [0.1, 0.15) is 12.2 Å². The van der Waals surface area contributed by atoms with Crippen LogP contribution in [0.5, 0.6) is 11.5 Å². The molecule has 1 fully saturated rings. The van der Waals surface area contributed by atoms with Gasteiger partial charge in [0.15, 0.2) is 16.6 Å². The molecule has 182 valence electrons. The number of aromatic carboxylic acids is 1. The Balaban J connectivity index is 1.60. The maximum atomic E-state index is 13.2. The summed E-state index contributed by atoms with van der Waals surface area (Å²) in [5.74, 6) is -1.54. The number of hydrogen-bond donors (Lipinski definition) is 2. The third-order valence-corrected chi connectivity index (χ3v) is 5.75. The fourth-order valence-electron chi connectivity index (χ4n) is 3.58. The van der Waals surface area contributed by atoms with Crippen molar-refractivity contribution < 1.29 is 29.0 Å². The normalized spacial score (nSPS) is 14.6. The quantitative estimate of drug-likeness (QED) is 0.285. The molecule has 36 heavy (non-hydrogen) atoms. The Bertz CT molecular complexity index is 1400. The second-order valence-corrected chi connectivity index (χ2v) is 8.38. The Labute approximate surface area is 212 Å². The van der Waals surface area contributed by atoms with Gasteiger partial charge >= 0.3 is 5.97 Å². The van der Waals surface area contributed by atoms with E-state index in [0.717, 1.165) is 16.0 Å². The van der Waals surface area contributed by atoms with Crippen molar-refractivity contribution in [1.29, 1.82) is 0 Å². The van der Waals surface area contributed by atoms with Gasteiger partial charge in [0, 0.05) is 0 Å². The summed E-state index contributed by atoms with van der Waals surface area (Å²) in [4.78, 5) is 38.3. The first kappa shape index (κ1) is 24.6. The molecule has 0 aromatic heterocycles. The summed E-state index contributed by atoms with van der Waals surface area (Å²) >= 11 is 5.18. The van der Waals surface area contributed by atoms with Crippen LogP contribution in [0.4, 0.5) is 5.69 Å². The predicted molar refractivity (Wildman–Crippen MR) is 138 cm³/mol. The van der Waals surface area contributed by atoms with E-state index in [9.17, 15) is 19.5 Å². The summed E-state index contributed by atoms with van der Waals surface area (Å²) in [6.07, 6.45) is 1.42. The number of ether oxygens (including phenoxy) is 2. The highest BCUT2D eigenvalue weighted by atomic mass is 32.1. The number of nitrogens with one attached hydrogen (secondary N) is 1. The molecule has 3 aromatic carbocycles. The van der Waals surface area contributed by atoms with Crippen molar-refractivity contribution in [3.8, 4) is 11.5 Å². The van der Waals surface area contributed by atoms with Gasteiger partial charge < -0.3 is 14.6 Å². The first-order valence-corrected chi connectivity index (χ1v) is 11.3. The molecule has 9 heteroatoms. The minimum Gasteiger partial charge on any atom is -0.493 e. The van der Waals surface area contributed by atoms with E-state index in [1.165, 1.54) is 37.5 Å². The maximum Gasteiger partial charge on any atom is 0.335 e. The van der Waals surface area contributed by atoms with Gasteiger partial charge in [0.2, 0.25) is 0 Å². The molecular formula is C27H22N2O6S. The van der Waals surface area contributed by atoms with Gasteiger partial charge in [-0.15, -0.1) is 0 Å². The molecule has 2 amide bonds. The van der Waals surface area contributed by atoms with Gasteiger partial charge in [-0.1, -0.05) is 42.0 Å². The van der Waals surface area contributed by atoms with Crippen molar-refractivity contribution >= 4 is 46.9 Å². The van der Waals surface area contributed by atoms with Gasteiger partial charge in [-0.2, -0.15) is 0 Å². The molecule has 0 atom stereocenters. The lowest BCUT2D eigenvalue weighted by atomic mass is 10.1. The zero-order valence-electron chi connectivity index (χ0n) is 19.5. The number of hydrogen-bond acceptors (Lipinski definition) is 6. The van der Waals surface area contributed by atoms with Crippen LogP contribution in [-0.4, -0.2) is 35.1 Å². The molecule has 0 unspecified atom stereocenters. The van der Waals surface area contributed by atoms with Crippen molar-refractivity contribution in [3.63, 3.8) is 0 Å². The zero-order chi connectivity index (χ0) is 25.8. The Morgan fingerprint density at radius 2 is 1.81 bits per heavy atom. The van der Waals surface area contributed by atoms with E-state index in [0.29, 0.717) is 23.7 Å². The van der Waals surface area contributed by atoms with Gasteiger partial charge in [-0.3, -0.25) is 19.8 Å². The molecule has 0 saturated carbocycles. The summed E-state index contributed by atoms with van der Waals surface area (Å²) in [5.41, 5.74) is 2.73. The smallest absolute Gasteiger partial charge is 0.335 e. The number of benzene rings is 3. The summed E-state index contributed by atoms with van der Waals surface area (Å²) in [6.45, 7) is 2.36. The van der Waals surface area contributed by atoms with Crippen LogP contribution in [0.2, 0.25) is 0 Å². The van der Waals surface area contributed by atoms with E-state index in [-0.39, 0.29) is 21.9 Å². The van der Waals surface area contributed by atoms with Gasteiger partial charge in [0.05, 0.1) is 18.4 Å². The number of carboxylic acids is 1. The third-order valence-electron chi connectivity index (χ3n) is 5.47. The molecule has 0 bridgehead atoms. The minimum absolute atomic E-state index is 0.0171. The lowest BCUT2D eigenvalue weighted by molar-refractivity contribution is -0.122. The highest BCUT2D eigenvalue weighted by Gasteiger charge is 2.34. The van der Waals surface area contributed by atoms with Crippen LogP contribution >= 0.6 is 12.2 Å². The number of carbonyl (C=O) groups is 3. The monoisotopic (exact) mass is 502 g/mol. The predicted octanol–water partition coefficient (Wildman–Crippen LogP) is 4.11. The second-order valence-electron chi connectivity index (χ2n) is 8.00. The largest absolute Gasteiger partial charge is 0.493 e. The molecule has 0 aliphatic carbocycles. The van der Waals surface area contributed by atoms with Gasteiger partial charge in [-0.05, 0) is 66.7 Å². The summed E-state index contributed by atoms with van der Waals surface area (Å²) < 4.78 is 11.3. The van der Waals surface area contributed by atoms with Crippen LogP contribution in [0.25, 0.3) is 6.08 Å². The molecule has 0 radical (unpaired) electrons. The molecule has 8 nitrogen and oxygen atoms in total. The molecular weight excluding hydrogens is 480 g/mol. The van der Waals surface area contributed by atoms with Gasteiger partial charge in [0.25, 0.3) is 11.8 Å². The van der Waals surface area contributed by atoms with Crippen molar-refractivity contribution in [2.75, 3.05) is 12.0 Å². The van der Waals surface area contributed by atoms with Crippen molar-refractivity contribution in [2.45, 2.75) is 13.5 Å². The number of thiocarbonyl (C=S) groups is 1. The van der Waals surface area contributed by atoms with E-state index < -0.39 is 17.8 Å². The van der Waals surface area contributed by atoms with E-state index >= 15 is 0 Å². The maximum absolute atomic E-state index is 13.2. The first-order valence-electron chi connectivity index (χ1n) is 10.9. The average molecular weight is 503 g/mol. The Morgan fingerprint density at radius 3 is 2.50 bits per heavy atom. The fraction of sp³-hybridized carbons (Fsp3) is 0.111. The standard InChI is InChI=1S/C27H22N2O6S/c1-16-6-8-17(9-7-16)15-35-22-11-10-18(13-23(22)34-2)12-21-24(30)28-27(36)29(25(21)31)20-5-3-4-19(14-20)26(32)33/h3-14H,15H2,1-2H3,(H,32,33)(H,28,30,36). The number of anilines is 1. The lowest BCUT2D eigenvalue weighted by Gasteiger charge is -2.29. The van der Waals surface area contributed by atoms with Crippen molar-refractivity contribution in [1.82, 2.24) is 5.32 Å². The highest BCUT2D eigenvalue weighted by molar-refractivity contribution is 7.80. The number of methoxy groups -OCH3 is 1. The molecule has 1 aliphatic heterocycles. The molecule has 4 rings (SSSR count). The zero-order valence-corrected chi connectivity index (χ0v) is 20.3. The van der Waals surface area contributed by atoms with Crippen LogP contribution in [0.3, 0.4) is 0 Å². The summed E-state index contributed by atoms with van der Waals surface area (Å²) in [5, 5.41) is 11.6. The Kier molecular flexibility index (Phi) is 7.12. The summed E-state index contributed by atoms with van der Waals surface area (Å²) in [7, 11) is 1.50. The minimum atomic E-state index is -1.15. The number of carboxylic acid groups (broad SMARTS) is 1. The SMILES string of the molecule is COc1cc(C=C2C(=O)NC(=S)N(c3cccc(C(=O)O)c3)C2=O)ccc1OCc1ccc(C)cc1. The highest BCUT2D eigenvalue weighted by Crippen LogP contribution is 2.30. The molecule has 2 N–H and O–H groups in total. The number of aryl methyl sites for hydroxylation is 1. The summed E-state index contributed by atoms with van der Waals surface area (Å²) in [6, 6.07) is 18.8. The van der Waals surface area contributed by atoms with Crippen molar-refractivity contribution in [3.05, 3.63) is 94.6 Å². The van der Waals surface area contributed by atoms with Crippen LogP contribution < -0.4 is 19.7 Å². The van der Waals surface area contributed by atoms with E-state index in [1.54, 1.807) is 18.2 Å². The second kappa shape index (κ2) is 10.4. The van der Waals surface area contributed by atoms with E-state index in [4.69, 9.17) is 21.7 Å². The number of nitrogens with zero attached hydrogens (tertiary/aromatic N) is 1. The van der Waals surface area contributed by atoms with Crippen LogP contribution in [-0.2, 0) is 16.2 Å². The molecule has 3 aromatic rings. The first-order chi connectivity index (χ1) is 17.3. The van der Waals surface area contributed by atoms with Gasteiger partial charge in [-0.25, -0.2) is 4.79 Å². The lowest BCUT2D eigenvalue weighted by Crippen LogP contribution is -2.54. The van der Waals surface area contributed by atoms with E-state index in [1.807, 2.05) is 31.2 Å². The molecule has 1 aliphatic rings. The number of rotatable bonds is 7. The molecule has 1 heterocycles. The Morgan fingerprint density at radius 1 is 1.06 bits per heavy atom. The average Bonchev–Trinajstić information content (AvgIpc) is 2.86. The number of amides is 2. The number of carbonyl (C=O) groups excluding carboxylic acids is 2. The fourth-order valence-corrected chi connectivity index (χ4v) is 3.86. The van der Waals surface area contributed by atoms with Crippen LogP contribution in [0.15, 0.2) is 72.3 Å². The molecule has 1 saturated heterocycles. The van der Waals surface area contributed by atoms with Crippen molar-refractivity contribution in [2.24, 2.45) is 0 Å². The van der Waals surface area contributed by atoms with Crippen LogP contribution in [0.1, 0.15) is 27.0 Å². The molecule has 0 spiro atoms. The topological polar surface area (TPSA) is 105 Å².